The smallest absolute Gasteiger partial charge is 0.242 e. The Morgan fingerprint density at radius 3 is 2.76 bits per heavy atom. The second-order valence-electron chi connectivity index (χ2n) is 5.80. The summed E-state index contributed by atoms with van der Waals surface area (Å²) in [6, 6.07) is 1.57. The van der Waals surface area contributed by atoms with Gasteiger partial charge in [-0.2, -0.15) is 5.10 Å². The predicted molar refractivity (Wildman–Crippen MR) is 87.8 cm³/mol. The number of amides is 1. The molecule has 1 aromatic heterocycles. The molecule has 2 rings (SSSR count). The summed E-state index contributed by atoms with van der Waals surface area (Å²) in [7, 11) is 1.87. The maximum Gasteiger partial charge on any atom is 0.242 e. The fourth-order valence-corrected chi connectivity index (χ4v) is 2.87. The van der Waals surface area contributed by atoms with Crippen LogP contribution in [0.1, 0.15) is 63.5 Å². The molecule has 3 N–H and O–H groups in total. The molecule has 5 nitrogen and oxygen atoms in total. The minimum Gasteiger partial charge on any atom is -0.320 e. The van der Waals surface area contributed by atoms with Crippen LogP contribution in [0, 0.1) is 0 Å². The van der Waals surface area contributed by atoms with Gasteiger partial charge >= 0.3 is 0 Å². The molecule has 21 heavy (non-hydrogen) atoms. The molecular weight excluding hydrogens is 288 g/mol. The maximum absolute atomic E-state index is 12.0. The van der Waals surface area contributed by atoms with Gasteiger partial charge in [-0.05, 0) is 19.3 Å². The van der Waals surface area contributed by atoms with E-state index in [9.17, 15) is 4.79 Å². The van der Waals surface area contributed by atoms with Crippen molar-refractivity contribution in [3.63, 3.8) is 0 Å². The van der Waals surface area contributed by atoms with Gasteiger partial charge < -0.3 is 11.1 Å². The molecule has 1 aromatic rings. The van der Waals surface area contributed by atoms with Crippen LogP contribution in [0.5, 0.6) is 0 Å². The Morgan fingerprint density at radius 2 is 2.14 bits per heavy atom. The zero-order chi connectivity index (χ0) is 14.5. The van der Waals surface area contributed by atoms with Crippen LogP contribution in [0.2, 0.25) is 0 Å². The van der Waals surface area contributed by atoms with Crippen molar-refractivity contribution >= 4 is 24.1 Å². The van der Waals surface area contributed by atoms with E-state index in [1.807, 2.05) is 20.0 Å². The number of nitrogens with zero attached hydrogens (tertiary/aromatic N) is 2. The minimum atomic E-state index is -0.437. The zero-order valence-electron chi connectivity index (χ0n) is 13.0. The topological polar surface area (TPSA) is 72.9 Å². The summed E-state index contributed by atoms with van der Waals surface area (Å²) in [5.41, 5.74) is 6.94. The third kappa shape index (κ3) is 4.71. The second kappa shape index (κ2) is 8.39. The summed E-state index contributed by atoms with van der Waals surface area (Å²) in [5, 5.41) is 7.44. The average Bonchev–Trinajstić information content (AvgIpc) is 2.81. The maximum atomic E-state index is 12.0. The SMILES string of the molecule is CCCC(N)C(=O)Nc1cc(C2CCCCC2)nn1C.Cl. The number of rotatable bonds is 5. The minimum absolute atomic E-state index is 0. The molecule has 0 bridgehead atoms. The van der Waals surface area contributed by atoms with E-state index >= 15 is 0 Å². The van der Waals surface area contributed by atoms with E-state index in [1.165, 1.54) is 32.1 Å². The number of hydrogen-bond donors (Lipinski definition) is 2. The number of anilines is 1. The molecule has 0 aromatic carbocycles. The van der Waals surface area contributed by atoms with Crippen LogP contribution in [0.3, 0.4) is 0 Å². The highest BCUT2D eigenvalue weighted by atomic mass is 35.5. The summed E-state index contributed by atoms with van der Waals surface area (Å²) in [6.45, 7) is 2.03. The lowest BCUT2D eigenvalue weighted by Crippen LogP contribution is -2.35. The Labute approximate surface area is 133 Å². The van der Waals surface area contributed by atoms with Crippen molar-refractivity contribution < 1.29 is 4.79 Å². The summed E-state index contributed by atoms with van der Waals surface area (Å²) < 4.78 is 1.75. The number of nitrogens with one attached hydrogen (secondary N) is 1. The van der Waals surface area contributed by atoms with Gasteiger partial charge in [-0.15, -0.1) is 12.4 Å². The molecule has 0 spiro atoms. The molecule has 1 heterocycles. The molecule has 1 unspecified atom stereocenters. The van der Waals surface area contributed by atoms with Gasteiger partial charge in [0, 0.05) is 19.0 Å². The molecule has 1 saturated carbocycles. The third-order valence-corrected chi connectivity index (χ3v) is 4.11. The lowest BCUT2D eigenvalue weighted by atomic mass is 9.87. The number of carbonyl (C=O) groups is 1. The van der Waals surface area contributed by atoms with Crippen LogP contribution in [0.4, 0.5) is 5.82 Å². The van der Waals surface area contributed by atoms with E-state index in [4.69, 9.17) is 5.73 Å². The van der Waals surface area contributed by atoms with Crippen molar-refractivity contribution in [1.82, 2.24) is 9.78 Å². The van der Waals surface area contributed by atoms with E-state index in [0.717, 1.165) is 17.9 Å². The molecule has 1 aliphatic rings. The Bertz CT molecular complexity index is 455. The van der Waals surface area contributed by atoms with Gasteiger partial charge in [0.15, 0.2) is 0 Å². The first-order valence-corrected chi connectivity index (χ1v) is 7.72. The lowest BCUT2D eigenvalue weighted by molar-refractivity contribution is -0.117. The summed E-state index contributed by atoms with van der Waals surface area (Å²) in [6.07, 6.45) is 7.93. The second-order valence-corrected chi connectivity index (χ2v) is 5.80. The van der Waals surface area contributed by atoms with Gasteiger partial charge in [-0.25, -0.2) is 0 Å². The van der Waals surface area contributed by atoms with Crippen LogP contribution in [0.15, 0.2) is 6.07 Å². The Balaban J connectivity index is 0.00000220. The normalized spacial score (nSPS) is 17.1. The molecule has 0 aliphatic heterocycles. The van der Waals surface area contributed by atoms with Crippen LogP contribution in [-0.2, 0) is 11.8 Å². The molecule has 0 radical (unpaired) electrons. The van der Waals surface area contributed by atoms with Crippen molar-refractivity contribution in [3.8, 4) is 0 Å². The number of aryl methyl sites for hydroxylation is 1. The largest absolute Gasteiger partial charge is 0.320 e. The molecule has 1 aliphatic carbocycles. The van der Waals surface area contributed by atoms with Crippen molar-refractivity contribution in [2.75, 3.05) is 5.32 Å². The van der Waals surface area contributed by atoms with E-state index in [1.54, 1.807) is 4.68 Å². The molecule has 1 amide bonds. The van der Waals surface area contributed by atoms with Gasteiger partial charge in [0.1, 0.15) is 5.82 Å². The number of halogens is 1. The van der Waals surface area contributed by atoms with E-state index in [-0.39, 0.29) is 18.3 Å². The fourth-order valence-electron chi connectivity index (χ4n) is 2.87. The monoisotopic (exact) mass is 314 g/mol. The average molecular weight is 315 g/mol. The van der Waals surface area contributed by atoms with Crippen molar-refractivity contribution in [2.24, 2.45) is 12.8 Å². The van der Waals surface area contributed by atoms with Crippen LogP contribution in [-0.4, -0.2) is 21.7 Å². The van der Waals surface area contributed by atoms with Crippen LogP contribution in [0.25, 0.3) is 0 Å². The summed E-state index contributed by atoms with van der Waals surface area (Å²) in [5.74, 6) is 1.18. The lowest BCUT2D eigenvalue weighted by Gasteiger charge is -2.19. The highest BCUT2D eigenvalue weighted by molar-refractivity contribution is 5.93. The van der Waals surface area contributed by atoms with Crippen LogP contribution < -0.4 is 11.1 Å². The first-order chi connectivity index (χ1) is 9.61. The van der Waals surface area contributed by atoms with Crippen LogP contribution >= 0.6 is 12.4 Å². The Hall–Kier alpha value is -1.07. The van der Waals surface area contributed by atoms with Crippen molar-refractivity contribution in [1.29, 1.82) is 0 Å². The number of carbonyl (C=O) groups excluding carboxylic acids is 1. The zero-order valence-corrected chi connectivity index (χ0v) is 13.8. The van der Waals surface area contributed by atoms with Crippen molar-refractivity contribution in [3.05, 3.63) is 11.8 Å². The molecular formula is C15H27ClN4O. The van der Waals surface area contributed by atoms with Gasteiger partial charge in [0.2, 0.25) is 5.91 Å². The quantitative estimate of drug-likeness (QED) is 0.877. The molecule has 1 fully saturated rings. The highest BCUT2D eigenvalue weighted by Crippen LogP contribution is 2.32. The van der Waals surface area contributed by atoms with E-state index < -0.39 is 6.04 Å². The highest BCUT2D eigenvalue weighted by Gasteiger charge is 2.20. The summed E-state index contributed by atoms with van der Waals surface area (Å²) in [4.78, 5) is 12.0. The van der Waals surface area contributed by atoms with Gasteiger partial charge in [-0.3, -0.25) is 9.48 Å². The van der Waals surface area contributed by atoms with Gasteiger partial charge in [0.25, 0.3) is 0 Å². The number of nitrogens with two attached hydrogens (primary N) is 1. The molecule has 1 atom stereocenters. The van der Waals surface area contributed by atoms with Crippen molar-refractivity contribution in [2.45, 2.75) is 63.8 Å². The molecule has 0 saturated heterocycles. The fraction of sp³-hybridized carbons (Fsp3) is 0.733. The number of aromatic nitrogens is 2. The Morgan fingerprint density at radius 1 is 1.48 bits per heavy atom. The third-order valence-electron chi connectivity index (χ3n) is 4.11. The Kier molecular flexibility index (Phi) is 7.18. The first-order valence-electron chi connectivity index (χ1n) is 7.72. The molecule has 120 valence electrons. The van der Waals surface area contributed by atoms with Gasteiger partial charge in [0.05, 0.1) is 11.7 Å². The first kappa shape index (κ1) is 18.0. The number of hydrogen-bond acceptors (Lipinski definition) is 3. The standard InChI is InChI=1S/C15H26N4O.ClH/c1-3-7-12(16)15(20)17-14-10-13(18-19(14)2)11-8-5-4-6-9-11;/h10-12H,3-9,16H2,1-2H3,(H,17,20);1H. The molecule has 6 heteroatoms. The van der Waals surface area contributed by atoms with E-state index in [2.05, 4.69) is 10.4 Å². The predicted octanol–water partition coefficient (Wildman–Crippen LogP) is 2.96. The van der Waals surface area contributed by atoms with E-state index in [0.29, 0.717) is 12.3 Å². The van der Waals surface area contributed by atoms with Gasteiger partial charge in [-0.1, -0.05) is 32.6 Å². The summed E-state index contributed by atoms with van der Waals surface area (Å²) >= 11 is 0.